The normalized spacial score (nSPS) is 16.1. The van der Waals surface area contributed by atoms with Crippen molar-refractivity contribution in [3.05, 3.63) is 86.3 Å². The number of hydrogen-bond acceptors (Lipinski definition) is 10. The molecule has 47 heavy (non-hydrogen) atoms. The van der Waals surface area contributed by atoms with Crippen LogP contribution in [0.2, 0.25) is 0 Å². The van der Waals surface area contributed by atoms with Crippen molar-refractivity contribution in [3.63, 3.8) is 0 Å². The molecular weight excluding hydrogens is 642 g/mol. The van der Waals surface area contributed by atoms with Gasteiger partial charge in [0.1, 0.15) is 23.9 Å². The van der Waals surface area contributed by atoms with Crippen molar-refractivity contribution < 1.29 is 36.4 Å². The Morgan fingerprint density at radius 1 is 1.06 bits per heavy atom. The first-order valence-corrected chi connectivity index (χ1v) is 16.5. The molecule has 1 N–H and O–H groups in total. The number of sulfonamides is 1. The Hall–Kier alpha value is -4.64. The number of amides is 1. The van der Waals surface area contributed by atoms with Crippen LogP contribution in [0.15, 0.2) is 53.5 Å². The Balaban J connectivity index is 1.34. The lowest BCUT2D eigenvalue weighted by Gasteiger charge is -2.35. The van der Waals surface area contributed by atoms with Crippen LogP contribution in [0.1, 0.15) is 32.3 Å². The molecule has 2 aromatic carbocycles. The maximum absolute atomic E-state index is 14.0. The lowest BCUT2D eigenvalue weighted by Crippen LogP contribution is -2.49. The third kappa shape index (κ3) is 8.21. The number of aromatic nitrogens is 2. The van der Waals surface area contributed by atoms with Crippen molar-refractivity contribution in [2.75, 3.05) is 44.3 Å². The predicted molar refractivity (Wildman–Crippen MR) is 166 cm³/mol. The van der Waals surface area contributed by atoms with Gasteiger partial charge in [0.25, 0.3) is 5.69 Å². The Kier molecular flexibility index (Phi) is 9.76. The van der Waals surface area contributed by atoms with Crippen molar-refractivity contribution in [1.29, 1.82) is 0 Å². The number of hydrogen-bond donors (Lipinski definition) is 1. The molecule has 17 heteroatoms. The van der Waals surface area contributed by atoms with Gasteiger partial charge in [-0.05, 0) is 44.4 Å². The minimum absolute atomic E-state index is 0.00923. The molecule has 14 nitrogen and oxygen atoms in total. The molecule has 1 amide bonds. The number of benzene rings is 2. The van der Waals surface area contributed by atoms with Gasteiger partial charge in [-0.15, -0.1) is 0 Å². The van der Waals surface area contributed by atoms with E-state index in [1.54, 1.807) is 18.7 Å². The summed E-state index contributed by atoms with van der Waals surface area (Å²) in [5.41, 5.74) is -0.940. The Labute approximate surface area is 269 Å². The summed E-state index contributed by atoms with van der Waals surface area (Å²) < 4.78 is 68.0. The van der Waals surface area contributed by atoms with Crippen molar-refractivity contribution in [1.82, 2.24) is 19.4 Å². The third-order valence-corrected chi connectivity index (χ3v) is 9.72. The molecule has 0 radical (unpaired) electrons. The van der Waals surface area contributed by atoms with Crippen molar-refractivity contribution >= 4 is 27.5 Å². The molecule has 0 atom stereocenters. The highest BCUT2D eigenvalue weighted by Gasteiger charge is 2.45. The van der Waals surface area contributed by atoms with E-state index in [0.29, 0.717) is 24.5 Å². The van der Waals surface area contributed by atoms with Crippen LogP contribution in [-0.2, 0) is 20.5 Å². The maximum atomic E-state index is 14.0. The van der Waals surface area contributed by atoms with Crippen LogP contribution in [0.5, 0.6) is 5.75 Å². The van der Waals surface area contributed by atoms with Crippen LogP contribution in [0.3, 0.4) is 0 Å². The molecular formula is C30H34F2N6O8S. The predicted octanol–water partition coefficient (Wildman–Crippen LogP) is 3.36. The Morgan fingerprint density at radius 3 is 2.28 bits per heavy atom. The van der Waals surface area contributed by atoms with E-state index in [4.69, 9.17) is 9.47 Å². The molecule has 5 rings (SSSR count). The fourth-order valence-electron chi connectivity index (χ4n) is 5.09. The van der Waals surface area contributed by atoms with Gasteiger partial charge in [0, 0.05) is 55.8 Å². The van der Waals surface area contributed by atoms with E-state index in [-0.39, 0.29) is 74.0 Å². The number of nitrogens with one attached hydrogen (secondary N) is 1. The molecule has 1 aliphatic heterocycles. The van der Waals surface area contributed by atoms with Crippen LogP contribution in [0.4, 0.5) is 25.0 Å². The number of nitro groups is 1. The summed E-state index contributed by atoms with van der Waals surface area (Å²) >= 11 is 0. The number of ether oxygens (including phenoxy) is 2. The molecule has 3 aromatic rings. The number of alkyl carbamates (subject to hydrolysis) is 1. The van der Waals surface area contributed by atoms with Gasteiger partial charge in [-0.25, -0.2) is 22.0 Å². The van der Waals surface area contributed by atoms with E-state index < -0.39 is 43.6 Å². The van der Waals surface area contributed by atoms with Crippen molar-refractivity contribution in [2.24, 2.45) is 5.41 Å². The maximum Gasteiger partial charge on any atom is 0.407 e. The molecule has 1 aliphatic carbocycles. The Bertz CT molecular complexity index is 1790. The minimum atomic E-state index is -3.78. The quantitative estimate of drug-likeness (QED) is 0.222. The zero-order chi connectivity index (χ0) is 33.9. The number of nitro benzene ring substituents is 1. The highest BCUT2D eigenvalue weighted by atomic mass is 32.2. The van der Waals surface area contributed by atoms with Crippen LogP contribution in [-0.4, -0.2) is 79.0 Å². The lowest BCUT2D eigenvalue weighted by atomic mass is 10.1. The fraction of sp³-hybridized carbons (Fsp3) is 0.433. The molecule has 0 spiro atoms. The number of non-ortho nitro benzene ring substituents is 1. The van der Waals surface area contributed by atoms with Gasteiger partial charge in [0.05, 0.1) is 29.2 Å². The molecule has 2 fully saturated rings. The third-order valence-electron chi connectivity index (χ3n) is 7.87. The molecule has 0 bridgehead atoms. The van der Waals surface area contributed by atoms with E-state index in [9.17, 15) is 36.9 Å². The van der Waals surface area contributed by atoms with Gasteiger partial charge in [-0.2, -0.15) is 14.1 Å². The summed E-state index contributed by atoms with van der Waals surface area (Å²) in [5.74, 6) is -2.30. The zero-order valence-electron chi connectivity index (χ0n) is 25.7. The van der Waals surface area contributed by atoms with Gasteiger partial charge in [-0.1, -0.05) is 12.1 Å². The summed E-state index contributed by atoms with van der Waals surface area (Å²) in [7, 11) is -3.78. The minimum Gasteiger partial charge on any atom is -0.485 e. The standard InChI is InChI=1S/C30H34F2N6O8S/c1-20(2)34-29(40)46-19-30(7-8-30)18-45-27-26(16-33-37(28(27)39)25-14-22(31)13-23(32)15-25)35-9-11-36(12-10-35)47(43,44)17-21-3-5-24(6-4-21)38(41)42/h3-6,13-16,20H,7-12,17-19H2,1-2H3,(H,34,40). The van der Waals surface area contributed by atoms with Gasteiger partial charge in [-0.3, -0.25) is 14.9 Å². The van der Waals surface area contributed by atoms with Crippen LogP contribution >= 0.6 is 0 Å². The number of piperazine rings is 1. The summed E-state index contributed by atoms with van der Waals surface area (Å²) in [6.07, 6.45) is 2.11. The van der Waals surface area contributed by atoms with Crippen LogP contribution in [0, 0.1) is 27.2 Å². The van der Waals surface area contributed by atoms with E-state index in [1.165, 1.54) is 34.8 Å². The topological polar surface area (TPSA) is 166 Å². The molecule has 1 aromatic heterocycles. The number of anilines is 1. The lowest BCUT2D eigenvalue weighted by molar-refractivity contribution is -0.384. The average Bonchev–Trinajstić information content (AvgIpc) is 3.78. The second-order valence-electron chi connectivity index (χ2n) is 11.9. The van der Waals surface area contributed by atoms with E-state index in [0.717, 1.165) is 16.8 Å². The van der Waals surface area contributed by atoms with Crippen LogP contribution < -0.4 is 20.5 Å². The number of nitrogens with zero attached hydrogens (tertiary/aromatic N) is 5. The second-order valence-corrected chi connectivity index (χ2v) is 13.9. The first kappa shape index (κ1) is 33.7. The van der Waals surface area contributed by atoms with Gasteiger partial charge in [0.2, 0.25) is 15.8 Å². The summed E-state index contributed by atoms with van der Waals surface area (Å²) in [5, 5.41) is 17.7. The van der Waals surface area contributed by atoms with Gasteiger partial charge >= 0.3 is 11.7 Å². The molecule has 2 aliphatic rings. The largest absolute Gasteiger partial charge is 0.485 e. The van der Waals surface area contributed by atoms with E-state index >= 15 is 0 Å². The van der Waals surface area contributed by atoms with Crippen LogP contribution in [0.25, 0.3) is 5.69 Å². The monoisotopic (exact) mass is 676 g/mol. The summed E-state index contributed by atoms with van der Waals surface area (Å²) in [4.78, 5) is 37.9. The average molecular weight is 677 g/mol. The molecule has 1 saturated carbocycles. The highest BCUT2D eigenvalue weighted by molar-refractivity contribution is 7.88. The molecule has 2 heterocycles. The number of carbonyl (C=O) groups is 1. The molecule has 0 unspecified atom stereocenters. The second kappa shape index (κ2) is 13.6. The van der Waals surface area contributed by atoms with Gasteiger partial charge < -0.3 is 19.7 Å². The number of halogens is 2. The molecule has 1 saturated heterocycles. The first-order valence-electron chi connectivity index (χ1n) is 14.9. The number of carbonyl (C=O) groups excluding carboxylic acids is 1. The number of rotatable bonds is 12. The van der Waals surface area contributed by atoms with Gasteiger partial charge in [0.15, 0.2) is 0 Å². The first-order chi connectivity index (χ1) is 22.2. The smallest absolute Gasteiger partial charge is 0.407 e. The summed E-state index contributed by atoms with van der Waals surface area (Å²) in [6.45, 7) is 4.12. The SMILES string of the molecule is CC(C)NC(=O)OCC1(COc2c(N3CCN(S(=O)(=O)Cc4ccc([N+](=O)[O-])cc4)CC3)cnn(-c3cc(F)cc(F)c3)c2=O)CC1. The van der Waals surface area contributed by atoms with Crippen molar-refractivity contribution in [2.45, 2.75) is 38.5 Å². The fourth-order valence-corrected chi connectivity index (χ4v) is 6.60. The van der Waals surface area contributed by atoms with E-state index in [1.807, 2.05) is 0 Å². The Morgan fingerprint density at radius 2 is 1.70 bits per heavy atom. The zero-order valence-corrected chi connectivity index (χ0v) is 26.5. The van der Waals surface area contributed by atoms with Crippen molar-refractivity contribution in [3.8, 4) is 11.4 Å². The van der Waals surface area contributed by atoms with E-state index in [2.05, 4.69) is 10.4 Å². The summed E-state index contributed by atoms with van der Waals surface area (Å²) in [6, 6.07) is 7.76. The highest BCUT2D eigenvalue weighted by Crippen LogP contribution is 2.46. The molecule has 252 valence electrons.